The van der Waals surface area contributed by atoms with Gasteiger partial charge in [-0.3, -0.25) is 14.5 Å². The topological polar surface area (TPSA) is 78.5 Å². The van der Waals surface area contributed by atoms with Gasteiger partial charge in [0.25, 0.3) is 5.91 Å². The van der Waals surface area contributed by atoms with E-state index in [2.05, 4.69) is 43.5 Å². The van der Waals surface area contributed by atoms with Gasteiger partial charge in [-0.15, -0.1) is 0 Å². The molecule has 6 heteroatoms. The van der Waals surface area contributed by atoms with Crippen LogP contribution < -0.4 is 10.6 Å². The molecule has 1 aliphatic carbocycles. The predicted octanol–water partition coefficient (Wildman–Crippen LogP) is 3.52. The maximum Gasteiger partial charge on any atom is 0.325 e. The molecule has 1 aromatic rings. The van der Waals surface area contributed by atoms with Gasteiger partial charge in [-0.2, -0.15) is 0 Å². The fourth-order valence-corrected chi connectivity index (χ4v) is 3.98. The van der Waals surface area contributed by atoms with E-state index in [1.807, 2.05) is 26.0 Å². The molecule has 1 saturated heterocycles. The van der Waals surface area contributed by atoms with Crippen molar-refractivity contribution >= 4 is 17.8 Å². The van der Waals surface area contributed by atoms with Gasteiger partial charge in [-0.25, -0.2) is 4.79 Å². The third-order valence-corrected chi connectivity index (χ3v) is 6.12. The zero-order chi connectivity index (χ0) is 21.6. The fourth-order valence-electron chi connectivity index (χ4n) is 3.98. The second-order valence-corrected chi connectivity index (χ2v) is 9.96. The van der Waals surface area contributed by atoms with Crippen LogP contribution in [0, 0.1) is 11.8 Å². The molecule has 1 aliphatic heterocycles. The summed E-state index contributed by atoms with van der Waals surface area (Å²) in [5, 5.41) is 5.80. The Hall–Kier alpha value is -2.37. The lowest BCUT2D eigenvalue weighted by molar-refractivity contribution is -0.135. The zero-order valence-electron chi connectivity index (χ0n) is 18.3. The van der Waals surface area contributed by atoms with Gasteiger partial charge in [0.05, 0.1) is 6.04 Å². The first-order valence-corrected chi connectivity index (χ1v) is 10.5. The van der Waals surface area contributed by atoms with E-state index in [-0.39, 0.29) is 41.7 Å². The minimum Gasteiger partial charge on any atom is -0.347 e. The van der Waals surface area contributed by atoms with Crippen LogP contribution in [0.4, 0.5) is 4.79 Å². The second-order valence-electron chi connectivity index (χ2n) is 9.96. The molecule has 2 unspecified atom stereocenters. The van der Waals surface area contributed by atoms with Gasteiger partial charge in [0.15, 0.2) is 0 Å². The highest BCUT2D eigenvalue weighted by molar-refractivity contribution is 6.09. The lowest BCUT2D eigenvalue weighted by Crippen LogP contribution is -2.47. The highest BCUT2D eigenvalue weighted by Crippen LogP contribution is 2.42. The number of imide groups is 1. The molecule has 158 valence electrons. The Labute approximate surface area is 173 Å². The highest BCUT2D eigenvalue weighted by Gasteiger charge is 2.56. The van der Waals surface area contributed by atoms with Gasteiger partial charge >= 0.3 is 6.03 Å². The van der Waals surface area contributed by atoms with Crippen molar-refractivity contribution in [1.82, 2.24) is 15.5 Å². The summed E-state index contributed by atoms with van der Waals surface area (Å²) in [5.74, 6) is -0.279. The Balaban J connectivity index is 1.69. The summed E-state index contributed by atoms with van der Waals surface area (Å²) in [4.78, 5) is 38.8. The third-order valence-electron chi connectivity index (χ3n) is 6.12. The number of rotatable bonds is 6. The van der Waals surface area contributed by atoms with E-state index in [4.69, 9.17) is 0 Å². The van der Waals surface area contributed by atoms with Gasteiger partial charge in [0, 0.05) is 0 Å². The number of benzene rings is 1. The van der Waals surface area contributed by atoms with Crippen molar-refractivity contribution in [2.75, 3.05) is 6.54 Å². The summed E-state index contributed by atoms with van der Waals surface area (Å²) in [6.07, 6.45) is 1.87. The molecule has 2 atom stereocenters. The van der Waals surface area contributed by atoms with E-state index in [0.717, 1.165) is 23.3 Å². The van der Waals surface area contributed by atoms with Crippen LogP contribution >= 0.6 is 0 Å². The molecule has 3 rings (SSSR count). The number of carbonyl (C=O) groups excluding carboxylic acids is 3. The van der Waals surface area contributed by atoms with Gasteiger partial charge in [-0.05, 0) is 48.1 Å². The normalized spacial score (nSPS) is 23.3. The molecule has 4 amide bonds. The van der Waals surface area contributed by atoms with Crippen LogP contribution in [-0.2, 0) is 15.0 Å². The molecule has 0 spiro atoms. The first kappa shape index (κ1) is 21.3. The van der Waals surface area contributed by atoms with E-state index in [1.165, 1.54) is 5.56 Å². The summed E-state index contributed by atoms with van der Waals surface area (Å²) < 4.78 is 0. The van der Waals surface area contributed by atoms with Crippen molar-refractivity contribution in [3.63, 3.8) is 0 Å². The molecule has 0 bridgehead atoms. The number of hydrogen-bond acceptors (Lipinski definition) is 3. The molecule has 29 heavy (non-hydrogen) atoms. The van der Waals surface area contributed by atoms with Crippen molar-refractivity contribution < 1.29 is 14.4 Å². The number of urea groups is 1. The van der Waals surface area contributed by atoms with Crippen LogP contribution in [0.2, 0.25) is 0 Å². The average Bonchev–Trinajstić information content (AvgIpc) is 3.45. The predicted molar refractivity (Wildman–Crippen MR) is 112 cm³/mol. The van der Waals surface area contributed by atoms with E-state index in [1.54, 1.807) is 6.92 Å². The van der Waals surface area contributed by atoms with Crippen molar-refractivity contribution in [2.24, 2.45) is 11.8 Å². The summed E-state index contributed by atoms with van der Waals surface area (Å²) in [7, 11) is 0. The van der Waals surface area contributed by atoms with Gasteiger partial charge in [0.1, 0.15) is 12.1 Å². The number of hydrogen-bond donors (Lipinski definition) is 2. The smallest absolute Gasteiger partial charge is 0.325 e. The summed E-state index contributed by atoms with van der Waals surface area (Å²) in [6, 6.07) is 7.61. The van der Waals surface area contributed by atoms with Gasteiger partial charge in [-0.1, -0.05) is 58.9 Å². The Bertz CT molecular complexity index is 806. The molecule has 1 heterocycles. The third kappa shape index (κ3) is 4.31. The largest absolute Gasteiger partial charge is 0.347 e. The zero-order valence-corrected chi connectivity index (χ0v) is 18.3. The average molecular weight is 400 g/mol. The Morgan fingerprint density at radius 1 is 1.21 bits per heavy atom. The number of nitrogens with one attached hydrogen (secondary N) is 2. The van der Waals surface area contributed by atoms with Crippen LogP contribution in [-0.4, -0.2) is 34.8 Å². The number of carbonyl (C=O) groups is 3. The number of nitrogens with zero attached hydrogens (tertiary/aromatic N) is 1. The SMILES string of the molecule is CC(C)C(NC(=O)CN1C(=O)NC(C)(C2CC2)C1=O)c1ccc(C(C)(C)C)cc1. The van der Waals surface area contributed by atoms with Crippen molar-refractivity contribution in [3.8, 4) is 0 Å². The molecule has 0 aromatic heterocycles. The Morgan fingerprint density at radius 2 is 1.79 bits per heavy atom. The number of amides is 4. The van der Waals surface area contributed by atoms with Crippen molar-refractivity contribution in [1.29, 1.82) is 0 Å². The maximum absolute atomic E-state index is 12.7. The molecule has 1 saturated carbocycles. The quantitative estimate of drug-likeness (QED) is 0.719. The molecule has 0 radical (unpaired) electrons. The summed E-state index contributed by atoms with van der Waals surface area (Å²) in [5.41, 5.74) is 1.44. The lowest BCUT2D eigenvalue weighted by atomic mass is 9.85. The Morgan fingerprint density at radius 3 is 2.28 bits per heavy atom. The molecule has 6 nitrogen and oxygen atoms in total. The van der Waals surface area contributed by atoms with E-state index >= 15 is 0 Å². The van der Waals surface area contributed by atoms with E-state index in [0.29, 0.717) is 0 Å². The van der Waals surface area contributed by atoms with Crippen molar-refractivity contribution in [2.45, 2.75) is 71.4 Å². The van der Waals surface area contributed by atoms with Gasteiger partial charge < -0.3 is 10.6 Å². The molecule has 2 aliphatic rings. The Kier molecular flexibility index (Phi) is 5.50. The van der Waals surface area contributed by atoms with Crippen LogP contribution in [0.1, 0.15) is 71.6 Å². The van der Waals surface area contributed by atoms with Crippen LogP contribution in [0.15, 0.2) is 24.3 Å². The fraction of sp³-hybridized carbons (Fsp3) is 0.609. The minimum atomic E-state index is -0.863. The van der Waals surface area contributed by atoms with Crippen LogP contribution in [0.25, 0.3) is 0 Å². The minimum absolute atomic E-state index is 0.0623. The summed E-state index contributed by atoms with van der Waals surface area (Å²) >= 11 is 0. The molecule has 1 aromatic carbocycles. The van der Waals surface area contributed by atoms with Crippen LogP contribution in [0.5, 0.6) is 0 Å². The molecule has 2 fully saturated rings. The lowest BCUT2D eigenvalue weighted by Gasteiger charge is -2.26. The van der Waals surface area contributed by atoms with Crippen molar-refractivity contribution in [3.05, 3.63) is 35.4 Å². The van der Waals surface area contributed by atoms with Crippen LogP contribution in [0.3, 0.4) is 0 Å². The summed E-state index contributed by atoms with van der Waals surface area (Å²) in [6.45, 7) is 12.1. The first-order chi connectivity index (χ1) is 13.4. The van der Waals surface area contributed by atoms with Gasteiger partial charge in [0.2, 0.25) is 5.91 Å². The maximum atomic E-state index is 12.7. The first-order valence-electron chi connectivity index (χ1n) is 10.5. The molecule has 2 N–H and O–H groups in total. The highest BCUT2D eigenvalue weighted by atomic mass is 16.2. The molecular weight excluding hydrogens is 366 g/mol. The van der Waals surface area contributed by atoms with E-state index < -0.39 is 11.6 Å². The monoisotopic (exact) mass is 399 g/mol. The molecular formula is C23H33N3O3. The van der Waals surface area contributed by atoms with E-state index in [9.17, 15) is 14.4 Å². The second kappa shape index (κ2) is 7.47. The standard InChI is InChI=1S/C23H33N3O3/c1-14(2)19(15-7-9-16(10-8-15)22(3,4)5)24-18(27)13-26-20(28)23(6,17-11-12-17)25-21(26)29/h7-10,14,17,19H,11-13H2,1-6H3,(H,24,27)(H,25,29).